The maximum Gasteiger partial charge on any atom is 0.281 e. The second-order valence-corrected chi connectivity index (χ2v) is 5.52. The Hall–Kier alpha value is -1.51. The highest BCUT2D eigenvalue weighted by molar-refractivity contribution is 7.15. The van der Waals surface area contributed by atoms with Crippen LogP contribution in [0, 0.1) is 0 Å². The summed E-state index contributed by atoms with van der Waals surface area (Å²) in [6, 6.07) is 1.92. The largest absolute Gasteiger partial charge is 0.377 e. The van der Waals surface area contributed by atoms with Gasteiger partial charge in [-0.15, -0.1) is 0 Å². The summed E-state index contributed by atoms with van der Waals surface area (Å²) in [6.45, 7) is 0. The fourth-order valence-corrected chi connectivity index (χ4v) is 2.80. The average molecular weight is 293 g/mol. The predicted molar refractivity (Wildman–Crippen MR) is 83.8 cm³/mol. The maximum absolute atomic E-state index is 12.2. The van der Waals surface area contributed by atoms with E-state index < -0.39 is 0 Å². The molecule has 0 fully saturated rings. The minimum absolute atomic E-state index is 0.118. The Bertz CT molecular complexity index is 852. The molecular formula is C11H13N5OP2. The van der Waals surface area contributed by atoms with E-state index in [4.69, 9.17) is 0 Å². The van der Waals surface area contributed by atoms with Crippen LogP contribution in [0.4, 0.5) is 5.69 Å². The second-order valence-electron chi connectivity index (χ2n) is 4.45. The highest BCUT2D eigenvalue weighted by Gasteiger charge is 2.18. The predicted octanol–water partition coefficient (Wildman–Crippen LogP) is 1.09. The molecule has 0 spiro atoms. The summed E-state index contributed by atoms with van der Waals surface area (Å²) in [7, 11) is 8.78. The van der Waals surface area contributed by atoms with Crippen molar-refractivity contribution in [2.24, 2.45) is 0 Å². The van der Waals surface area contributed by atoms with Crippen molar-refractivity contribution in [2.45, 2.75) is 0 Å². The quantitative estimate of drug-likeness (QED) is 0.630. The van der Waals surface area contributed by atoms with Crippen molar-refractivity contribution < 1.29 is 0 Å². The number of nitrogens with zero attached hydrogens (tertiary/aromatic N) is 5. The van der Waals surface area contributed by atoms with Gasteiger partial charge in [-0.1, -0.05) is 0 Å². The molecule has 98 valence electrons. The fourth-order valence-electron chi connectivity index (χ4n) is 2.19. The van der Waals surface area contributed by atoms with Crippen LogP contribution in [-0.2, 0) is 0 Å². The van der Waals surface area contributed by atoms with E-state index in [-0.39, 0.29) is 5.56 Å². The third-order valence-corrected chi connectivity index (χ3v) is 3.94. The van der Waals surface area contributed by atoms with Gasteiger partial charge >= 0.3 is 0 Å². The van der Waals surface area contributed by atoms with E-state index in [1.165, 1.54) is 10.7 Å². The van der Waals surface area contributed by atoms with Gasteiger partial charge in [-0.05, 0) is 24.8 Å². The van der Waals surface area contributed by atoms with Gasteiger partial charge in [0.05, 0.1) is 11.1 Å². The van der Waals surface area contributed by atoms with Crippen LogP contribution in [0.1, 0.15) is 0 Å². The van der Waals surface area contributed by atoms with Crippen LogP contribution in [0.3, 0.4) is 0 Å². The van der Waals surface area contributed by atoms with Crippen LogP contribution < -0.4 is 10.5 Å². The fraction of sp³-hybridized carbons (Fsp3) is 0.182. The molecule has 2 atom stereocenters. The summed E-state index contributed by atoms with van der Waals surface area (Å²) in [5.74, 6) is 0. The van der Waals surface area contributed by atoms with Gasteiger partial charge in [-0.3, -0.25) is 9.13 Å². The summed E-state index contributed by atoms with van der Waals surface area (Å²) in [4.78, 5) is 22.9. The lowest BCUT2D eigenvalue weighted by Gasteiger charge is -2.13. The van der Waals surface area contributed by atoms with Crippen LogP contribution in [0.2, 0.25) is 0 Å². The lowest BCUT2D eigenvalue weighted by atomic mass is 10.2. The Kier molecular flexibility index (Phi) is 2.80. The van der Waals surface area contributed by atoms with E-state index in [0.717, 1.165) is 16.7 Å². The van der Waals surface area contributed by atoms with Gasteiger partial charge in [0.25, 0.3) is 5.56 Å². The summed E-state index contributed by atoms with van der Waals surface area (Å²) in [5.41, 5.74) is 2.80. The number of anilines is 1. The Morgan fingerprint density at radius 3 is 2.68 bits per heavy atom. The van der Waals surface area contributed by atoms with Crippen molar-refractivity contribution in [2.75, 3.05) is 19.0 Å². The molecule has 0 bridgehead atoms. The number of pyridine rings is 1. The number of aromatic nitrogens is 4. The van der Waals surface area contributed by atoms with Crippen LogP contribution in [0.15, 0.2) is 23.4 Å². The van der Waals surface area contributed by atoms with Gasteiger partial charge in [0, 0.05) is 20.3 Å². The number of hydrogen-bond donors (Lipinski definition) is 0. The molecule has 0 aliphatic heterocycles. The van der Waals surface area contributed by atoms with Gasteiger partial charge in [0.2, 0.25) is 0 Å². The first kappa shape index (κ1) is 12.5. The molecule has 3 heterocycles. The highest BCUT2D eigenvalue weighted by atomic mass is 31.0. The zero-order valence-electron chi connectivity index (χ0n) is 10.5. The smallest absolute Gasteiger partial charge is 0.281 e. The number of hydrogen-bond acceptors (Lipinski definition) is 4. The zero-order chi connectivity index (χ0) is 13.7. The molecule has 3 rings (SSSR count). The normalized spacial score (nSPS) is 11.4. The Labute approximate surface area is 114 Å². The van der Waals surface area contributed by atoms with Gasteiger partial charge in [-0.25, -0.2) is 9.97 Å². The van der Waals surface area contributed by atoms with E-state index >= 15 is 0 Å². The number of fused-ring (bicyclic) bond motifs is 3. The van der Waals surface area contributed by atoms with Crippen molar-refractivity contribution in [3.63, 3.8) is 0 Å². The van der Waals surface area contributed by atoms with Crippen LogP contribution in [-0.4, -0.2) is 32.7 Å². The lowest BCUT2D eigenvalue weighted by molar-refractivity contribution is 1.09. The van der Waals surface area contributed by atoms with E-state index in [1.807, 2.05) is 25.1 Å². The topological polar surface area (TPSA) is 56.0 Å². The van der Waals surface area contributed by atoms with Crippen LogP contribution >= 0.6 is 18.8 Å². The molecule has 0 aliphatic carbocycles. The average Bonchev–Trinajstić information content (AvgIpc) is 2.68. The molecule has 3 aromatic rings. The molecule has 0 N–H and O–H groups in total. The van der Waals surface area contributed by atoms with Gasteiger partial charge in [0.15, 0.2) is 0 Å². The first-order valence-electron chi connectivity index (χ1n) is 5.60. The monoisotopic (exact) mass is 293 g/mol. The van der Waals surface area contributed by atoms with Crippen molar-refractivity contribution in [1.29, 1.82) is 0 Å². The third kappa shape index (κ3) is 1.67. The van der Waals surface area contributed by atoms with Gasteiger partial charge in [0.1, 0.15) is 23.0 Å². The lowest BCUT2D eigenvalue weighted by Crippen LogP contribution is -2.13. The zero-order valence-corrected chi connectivity index (χ0v) is 12.8. The Balaban J connectivity index is 2.65. The summed E-state index contributed by atoms with van der Waals surface area (Å²) in [5, 5.41) is 0.889. The summed E-state index contributed by atoms with van der Waals surface area (Å²) < 4.78 is 3.10. The molecule has 8 heteroatoms. The van der Waals surface area contributed by atoms with Crippen molar-refractivity contribution in [1.82, 2.24) is 18.6 Å². The summed E-state index contributed by atoms with van der Waals surface area (Å²) in [6.07, 6.45) is 3.24. The molecule has 2 unspecified atom stereocenters. The number of rotatable bonds is 1. The maximum atomic E-state index is 12.2. The molecule has 0 radical (unpaired) electrons. The van der Waals surface area contributed by atoms with E-state index in [2.05, 4.69) is 28.7 Å². The SMILES string of the molecule is CN(C)c1ccnc2c1c1ncn(P)c(=O)c1n2P. The van der Waals surface area contributed by atoms with Crippen molar-refractivity contribution >= 4 is 46.5 Å². The molecule has 0 saturated heterocycles. The second kappa shape index (κ2) is 4.26. The molecule has 0 aliphatic rings. The molecule has 6 nitrogen and oxygen atoms in total. The Morgan fingerprint density at radius 2 is 2.00 bits per heavy atom. The molecule has 0 amide bonds. The van der Waals surface area contributed by atoms with Gasteiger partial charge in [-0.2, -0.15) is 0 Å². The summed E-state index contributed by atoms with van der Waals surface area (Å²) >= 11 is 0. The van der Waals surface area contributed by atoms with Gasteiger partial charge < -0.3 is 9.24 Å². The van der Waals surface area contributed by atoms with E-state index in [0.29, 0.717) is 11.0 Å². The first-order valence-corrected chi connectivity index (χ1v) is 6.64. The molecular weight excluding hydrogens is 280 g/mol. The Morgan fingerprint density at radius 1 is 1.26 bits per heavy atom. The van der Waals surface area contributed by atoms with Crippen molar-refractivity contribution in [3.8, 4) is 0 Å². The molecule has 0 saturated carbocycles. The van der Waals surface area contributed by atoms with Crippen molar-refractivity contribution in [3.05, 3.63) is 28.9 Å². The highest BCUT2D eigenvalue weighted by Crippen LogP contribution is 2.32. The third-order valence-electron chi connectivity index (χ3n) is 3.07. The molecule has 3 aromatic heterocycles. The van der Waals surface area contributed by atoms with E-state index in [9.17, 15) is 4.79 Å². The standard InChI is InChI=1S/C11H13N5OP2/c1-14(2)6-3-4-12-10-7(6)8-9(16(10)19)11(17)15(18)5-13-8/h3-5H,18-19H2,1-2H3. The first-order chi connectivity index (χ1) is 9.02. The minimum Gasteiger partial charge on any atom is -0.377 e. The van der Waals surface area contributed by atoms with E-state index in [1.54, 1.807) is 10.5 Å². The van der Waals surface area contributed by atoms with Crippen LogP contribution in [0.5, 0.6) is 0 Å². The molecule has 19 heavy (non-hydrogen) atoms. The molecule has 0 aromatic carbocycles. The van der Waals surface area contributed by atoms with Crippen LogP contribution in [0.25, 0.3) is 22.1 Å². The minimum atomic E-state index is -0.118.